The van der Waals surface area contributed by atoms with Crippen molar-refractivity contribution in [3.63, 3.8) is 0 Å². The fraction of sp³-hybridized carbons (Fsp3) is 0.667. The Bertz CT molecular complexity index is 12.4. The summed E-state index contributed by atoms with van der Waals surface area (Å²) in [6, 6.07) is 0. The van der Waals surface area contributed by atoms with E-state index in [2.05, 4.69) is 11.8 Å². The molecule has 0 heterocycles. The molecule has 0 aromatic heterocycles. The minimum atomic E-state index is 0.222. The molecule has 0 aromatic rings. The first-order chi connectivity index (χ1) is 2.41. The lowest BCUT2D eigenvalue weighted by molar-refractivity contribution is -0.302. The van der Waals surface area contributed by atoms with Crippen LogP contribution in [0.1, 0.15) is 6.42 Å². The van der Waals surface area contributed by atoms with Crippen LogP contribution < -0.4 is 0 Å². The lowest BCUT2D eigenvalue weighted by Gasteiger charge is -1.77. The molecule has 0 atom stereocenters. The molecule has 0 fully saturated rings. The van der Waals surface area contributed by atoms with E-state index < -0.39 is 0 Å². The molecule has 0 N–H and O–H groups in total. The second-order valence-electron chi connectivity index (χ2n) is 0.676. The van der Waals surface area contributed by atoms with Crippen molar-refractivity contribution in [1.29, 1.82) is 0 Å². The molecule has 0 aliphatic carbocycles. The molecule has 2 nitrogen and oxygen atoms in total. The first kappa shape index (κ1) is 4.92. The van der Waals surface area contributed by atoms with Gasteiger partial charge in [0.05, 0.1) is 6.61 Å². The van der Waals surface area contributed by atoms with Crippen molar-refractivity contribution >= 4 is 0 Å². The summed E-state index contributed by atoms with van der Waals surface area (Å²) in [6.07, 6.45) is 0.559. The van der Waals surface area contributed by atoms with Gasteiger partial charge in [0.2, 0.25) is 0 Å². The van der Waals surface area contributed by atoms with Gasteiger partial charge in [0.25, 0.3) is 0 Å². The van der Waals surface area contributed by atoms with E-state index in [-0.39, 0.29) is 6.61 Å². The average molecular weight is 74.1 g/mol. The van der Waals surface area contributed by atoms with Crippen LogP contribution >= 0.6 is 0 Å². The van der Waals surface area contributed by atoms with Crippen molar-refractivity contribution in [3.05, 3.63) is 6.92 Å². The minimum Gasteiger partial charge on any atom is -0.204 e. The van der Waals surface area contributed by atoms with Crippen molar-refractivity contribution < 1.29 is 10.1 Å². The van der Waals surface area contributed by atoms with E-state index >= 15 is 0 Å². The molecule has 30 valence electrons. The van der Waals surface area contributed by atoms with Crippen LogP contribution in [0.15, 0.2) is 0 Å². The van der Waals surface area contributed by atoms with E-state index in [4.69, 9.17) is 5.26 Å². The van der Waals surface area contributed by atoms with Crippen molar-refractivity contribution in [2.75, 3.05) is 6.61 Å². The highest BCUT2D eigenvalue weighted by atomic mass is 17.1. The molecule has 0 aliphatic rings. The van der Waals surface area contributed by atoms with Crippen molar-refractivity contribution in [2.45, 2.75) is 6.42 Å². The van der Waals surface area contributed by atoms with E-state index in [0.717, 1.165) is 0 Å². The van der Waals surface area contributed by atoms with Crippen LogP contribution in [-0.2, 0) is 10.1 Å². The molecule has 2 heteroatoms. The first-order valence-electron chi connectivity index (χ1n) is 1.46. The number of hydrogen-bond acceptors (Lipinski definition) is 1. The smallest absolute Gasteiger partial charge is 0.0854 e. The molecule has 0 aromatic carbocycles. The lowest BCUT2D eigenvalue weighted by atomic mass is 10.5. The maximum Gasteiger partial charge on any atom is 0.0854 e. The predicted octanol–water partition coefficient (Wildman–Crippen LogP) is 0.573. The Morgan fingerprint density at radius 3 is 2.40 bits per heavy atom. The van der Waals surface area contributed by atoms with Crippen LogP contribution in [0.5, 0.6) is 0 Å². The first-order valence-corrected chi connectivity index (χ1v) is 1.46. The summed E-state index contributed by atoms with van der Waals surface area (Å²) in [5, 5.41) is 8.99. The largest absolute Gasteiger partial charge is 0.204 e. The fourth-order valence-corrected chi connectivity index (χ4v) is 0.0589. The molecule has 5 heavy (non-hydrogen) atoms. The molecular formula is C3H6O2. The van der Waals surface area contributed by atoms with E-state index in [1.807, 2.05) is 0 Å². The molecular weight excluding hydrogens is 68.0 g/mol. The molecule has 0 aliphatic heterocycles. The number of rotatable bonds is 2. The highest BCUT2D eigenvalue weighted by molar-refractivity contribution is 4.29. The molecule has 0 amide bonds. The van der Waals surface area contributed by atoms with Crippen molar-refractivity contribution in [3.8, 4) is 0 Å². The standard InChI is InChI=1S/C3H6O2/c1-2-3-5-4/h1-3H2. The van der Waals surface area contributed by atoms with Gasteiger partial charge in [-0.3, -0.25) is 0 Å². The zero-order valence-electron chi connectivity index (χ0n) is 2.94. The maximum atomic E-state index is 8.99. The van der Waals surface area contributed by atoms with Gasteiger partial charge in [-0.2, -0.15) is 0 Å². The highest BCUT2D eigenvalue weighted by Crippen LogP contribution is 1.70. The Hall–Kier alpha value is -0.0800. The third kappa shape index (κ3) is 3.92. The second kappa shape index (κ2) is 3.92. The maximum absolute atomic E-state index is 8.99. The average Bonchev–Trinajstić information content (AvgIpc) is 1.41. The summed E-state index contributed by atoms with van der Waals surface area (Å²) in [5.41, 5.74) is 0. The summed E-state index contributed by atoms with van der Waals surface area (Å²) in [4.78, 5) is 3.38. The van der Waals surface area contributed by atoms with Crippen LogP contribution in [0.3, 0.4) is 0 Å². The lowest BCUT2D eigenvalue weighted by Crippen LogP contribution is -1.80. The van der Waals surface area contributed by atoms with E-state index in [9.17, 15) is 0 Å². The van der Waals surface area contributed by atoms with E-state index in [1.165, 1.54) is 0 Å². The highest BCUT2D eigenvalue weighted by Gasteiger charge is 1.70. The molecule has 0 saturated heterocycles. The van der Waals surface area contributed by atoms with Crippen LogP contribution in [0.2, 0.25) is 0 Å². The number of hydrogen-bond donors (Lipinski definition) is 0. The minimum absolute atomic E-state index is 0.222. The quantitative estimate of drug-likeness (QED) is 0.348. The SMILES string of the molecule is [CH2]CCO[O]. The van der Waals surface area contributed by atoms with Crippen LogP contribution in [0, 0.1) is 6.92 Å². The van der Waals surface area contributed by atoms with Gasteiger partial charge in [-0.15, -0.1) is 0 Å². The van der Waals surface area contributed by atoms with Crippen LogP contribution in [0.25, 0.3) is 0 Å². The molecule has 0 rings (SSSR count). The molecule has 0 unspecified atom stereocenters. The summed E-state index contributed by atoms with van der Waals surface area (Å²) in [7, 11) is 0. The Labute approximate surface area is 31.3 Å². The Morgan fingerprint density at radius 1 is 1.80 bits per heavy atom. The second-order valence-corrected chi connectivity index (χ2v) is 0.676. The molecule has 0 spiro atoms. The fourth-order valence-electron chi connectivity index (χ4n) is 0.0589. The molecule has 0 saturated carbocycles. The summed E-state index contributed by atoms with van der Waals surface area (Å²) < 4.78 is 0. The van der Waals surface area contributed by atoms with Gasteiger partial charge in [0.1, 0.15) is 0 Å². The zero-order chi connectivity index (χ0) is 4.12. The zero-order valence-corrected chi connectivity index (χ0v) is 2.94. The van der Waals surface area contributed by atoms with Crippen LogP contribution in [-0.4, -0.2) is 6.61 Å². The summed E-state index contributed by atoms with van der Waals surface area (Å²) in [5.74, 6) is 0. The third-order valence-corrected chi connectivity index (χ3v) is 0.228. The van der Waals surface area contributed by atoms with Gasteiger partial charge in [0, 0.05) is 0 Å². The Kier molecular flexibility index (Phi) is 3.86. The van der Waals surface area contributed by atoms with Gasteiger partial charge in [0.15, 0.2) is 0 Å². The van der Waals surface area contributed by atoms with Gasteiger partial charge >= 0.3 is 0 Å². The Balaban J connectivity index is 2.19. The molecule has 0 bridgehead atoms. The third-order valence-electron chi connectivity index (χ3n) is 0.228. The van der Waals surface area contributed by atoms with E-state index in [1.54, 1.807) is 0 Å². The topological polar surface area (TPSA) is 29.1 Å². The predicted molar refractivity (Wildman–Crippen MR) is 16.6 cm³/mol. The monoisotopic (exact) mass is 74.0 g/mol. The Morgan fingerprint density at radius 2 is 2.40 bits per heavy atom. The summed E-state index contributed by atoms with van der Waals surface area (Å²) >= 11 is 0. The van der Waals surface area contributed by atoms with Gasteiger partial charge < -0.3 is 0 Å². The van der Waals surface area contributed by atoms with Gasteiger partial charge in [-0.25, -0.2) is 4.89 Å². The van der Waals surface area contributed by atoms with E-state index in [0.29, 0.717) is 6.42 Å². The van der Waals surface area contributed by atoms with Gasteiger partial charge in [-0.05, 0) is 11.7 Å². The molecule has 2 radical (unpaired) electrons. The van der Waals surface area contributed by atoms with Crippen LogP contribution in [0.4, 0.5) is 0 Å². The van der Waals surface area contributed by atoms with Crippen molar-refractivity contribution in [1.82, 2.24) is 0 Å². The summed E-state index contributed by atoms with van der Waals surface area (Å²) in [6.45, 7) is 3.57. The normalized spacial score (nSPS) is 8.40. The van der Waals surface area contributed by atoms with Crippen molar-refractivity contribution in [2.24, 2.45) is 0 Å². The van der Waals surface area contributed by atoms with Gasteiger partial charge in [-0.1, -0.05) is 6.92 Å².